The summed E-state index contributed by atoms with van der Waals surface area (Å²) in [4.78, 5) is 0. The van der Waals surface area contributed by atoms with E-state index in [-0.39, 0.29) is 0 Å². The highest BCUT2D eigenvalue weighted by Gasteiger charge is 2.04. The van der Waals surface area contributed by atoms with Crippen LogP contribution < -0.4 is 4.74 Å². The lowest BCUT2D eigenvalue weighted by Crippen LogP contribution is -2.07. The van der Waals surface area contributed by atoms with Gasteiger partial charge in [0.2, 0.25) is 0 Å². The molecule has 2 aromatic carbocycles. The molecule has 2 aromatic rings. The molecule has 0 aromatic heterocycles. The van der Waals surface area contributed by atoms with Crippen LogP contribution in [0.5, 0.6) is 5.75 Å². The molecular formula is C16H17NO2. The highest BCUT2D eigenvalue weighted by molar-refractivity contribution is 5.88. The molecule has 0 fully saturated rings. The summed E-state index contributed by atoms with van der Waals surface area (Å²) < 4.78 is 5.12. The summed E-state index contributed by atoms with van der Waals surface area (Å²) in [5, 5.41) is 12.5. The van der Waals surface area contributed by atoms with Crippen LogP contribution in [0.3, 0.4) is 0 Å². The fraction of sp³-hybridized carbons (Fsp3) is 0.188. The second kappa shape index (κ2) is 6.59. The molecule has 0 radical (unpaired) electrons. The summed E-state index contributed by atoms with van der Waals surface area (Å²) >= 11 is 0. The first kappa shape index (κ1) is 13.1. The number of oxime groups is 1. The zero-order valence-electron chi connectivity index (χ0n) is 10.9. The number of nitrogens with zero attached hydrogens (tertiary/aromatic N) is 1. The van der Waals surface area contributed by atoms with Crippen molar-refractivity contribution in [1.29, 1.82) is 0 Å². The molecule has 0 aliphatic heterocycles. The van der Waals surface area contributed by atoms with Gasteiger partial charge in [-0.05, 0) is 23.3 Å². The van der Waals surface area contributed by atoms with E-state index in [1.54, 1.807) is 7.11 Å². The summed E-state index contributed by atoms with van der Waals surface area (Å²) in [5.41, 5.74) is 2.99. The molecule has 98 valence electrons. The summed E-state index contributed by atoms with van der Waals surface area (Å²) in [7, 11) is 1.64. The normalized spacial score (nSPS) is 11.3. The van der Waals surface area contributed by atoms with Crippen LogP contribution in [0, 0.1) is 0 Å². The van der Waals surface area contributed by atoms with Gasteiger partial charge in [0, 0.05) is 12.8 Å². The third-order valence-electron chi connectivity index (χ3n) is 2.96. The second-order valence-corrected chi connectivity index (χ2v) is 4.35. The van der Waals surface area contributed by atoms with Gasteiger partial charge in [-0.2, -0.15) is 0 Å². The third kappa shape index (κ3) is 3.85. The number of benzene rings is 2. The monoisotopic (exact) mass is 255 g/mol. The predicted octanol–water partition coefficient (Wildman–Crippen LogP) is 3.31. The summed E-state index contributed by atoms with van der Waals surface area (Å²) in [5.74, 6) is 0.828. The van der Waals surface area contributed by atoms with Crippen molar-refractivity contribution >= 4 is 5.71 Å². The van der Waals surface area contributed by atoms with Gasteiger partial charge in [-0.15, -0.1) is 0 Å². The number of methoxy groups -OCH3 is 1. The maximum absolute atomic E-state index is 9.11. The largest absolute Gasteiger partial charge is 0.497 e. The first-order valence-corrected chi connectivity index (χ1v) is 6.18. The van der Waals surface area contributed by atoms with Gasteiger partial charge < -0.3 is 9.94 Å². The summed E-state index contributed by atoms with van der Waals surface area (Å²) in [6, 6.07) is 17.8. The zero-order valence-corrected chi connectivity index (χ0v) is 10.9. The lowest BCUT2D eigenvalue weighted by atomic mass is 10.0. The quantitative estimate of drug-likeness (QED) is 0.506. The lowest BCUT2D eigenvalue weighted by Gasteiger charge is -2.06. The Morgan fingerprint density at radius 3 is 2.05 bits per heavy atom. The van der Waals surface area contributed by atoms with Gasteiger partial charge in [0.25, 0.3) is 0 Å². The smallest absolute Gasteiger partial charge is 0.118 e. The van der Waals surface area contributed by atoms with Crippen molar-refractivity contribution < 1.29 is 9.94 Å². The van der Waals surface area contributed by atoms with E-state index in [0.29, 0.717) is 12.8 Å². The van der Waals surface area contributed by atoms with Gasteiger partial charge in [-0.25, -0.2) is 0 Å². The van der Waals surface area contributed by atoms with Crippen LogP contribution in [0.2, 0.25) is 0 Å². The van der Waals surface area contributed by atoms with Crippen molar-refractivity contribution in [3.8, 4) is 5.75 Å². The average Bonchev–Trinajstić information content (AvgIpc) is 2.48. The standard InChI is InChI=1S/C16H17NO2/c1-19-16-9-7-14(8-10-16)12-15(17-18)11-13-5-3-2-4-6-13/h2-10,18H,11-12H2,1H3/b17-15-. The van der Waals surface area contributed by atoms with Crippen LogP contribution in [-0.4, -0.2) is 18.0 Å². The van der Waals surface area contributed by atoms with E-state index in [1.165, 1.54) is 0 Å². The molecule has 0 atom stereocenters. The van der Waals surface area contributed by atoms with Gasteiger partial charge in [-0.3, -0.25) is 0 Å². The molecule has 0 saturated carbocycles. The maximum atomic E-state index is 9.11. The second-order valence-electron chi connectivity index (χ2n) is 4.35. The lowest BCUT2D eigenvalue weighted by molar-refractivity contribution is 0.317. The molecule has 3 nitrogen and oxygen atoms in total. The Kier molecular flexibility index (Phi) is 4.56. The highest BCUT2D eigenvalue weighted by atomic mass is 16.5. The van der Waals surface area contributed by atoms with Crippen LogP contribution in [0.25, 0.3) is 0 Å². The van der Waals surface area contributed by atoms with E-state index in [0.717, 1.165) is 22.6 Å². The van der Waals surface area contributed by atoms with E-state index in [4.69, 9.17) is 9.94 Å². The van der Waals surface area contributed by atoms with Crippen molar-refractivity contribution in [1.82, 2.24) is 0 Å². The van der Waals surface area contributed by atoms with Crippen molar-refractivity contribution in [3.63, 3.8) is 0 Å². The van der Waals surface area contributed by atoms with Gasteiger partial charge >= 0.3 is 0 Å². The molecule has 3 heteroatoms. The minimum atomic E-state index is 0.634. The topological polar surface area (TPSA) is 41.8 Å². The van der Waals surface area contributed by atoms with Crippen LogP contribution in [0.15, 0.2) is 59.8 Å². The molecule has 19 heavy (non-hydrogen) atoms. The number of hydrogen-bond acceptors (Lipinski definition) is 3. The fourth-order valence-electron chi connectivity index (χ4n) is 1.94. The van der Waals surface area contributed by atoms with Crippen molar-refractivity contribution in [2.24, 2.45) is 5.16 Å². The molecule has 0 bridgehead atoms. The van der Waals surface area contributed by atoms with E-state index < -0.39 is 0 Å². The van der Waals surface area contributed by atoms with Crippen molar-refractivity contribution in [2.75, 3.05) is 7.11 Å². The van der Waals surface area contributed by atoms with Crippen molar-refractivity contribution in [2.45, 2.75) is 12.8 Å². The molecule has 0 saturated heterocycles. The van der Waals surface area contributed by atoms with Crippen LogP contribution in [-0.2, 0) is 12.8 Å². The van der Waals surface area contributed by atoms with Gasteiger partial charge in [0.05, 0.1) is 12.8 Å². The molecule has 0 heterocycles. The maximum Gasteiger partial charge on any atom is 0.118 e. The van der Waals surface area contributed by atoms with Crippen LogP contribution in [0.4, 0.5) is 0 Å². The van der Waals surface area contributed by atoms with Gasteiger partial charge in [-0.1, -0.05) is 47.6 Å². The van der Waals surface area contributed by atoms with E-state index in [1.807, 2.05) is 54.6 Å². The van der Waals surface area contributed by atoms with Gasteiger partial charge in [0.15, 0.2) is 0 Å². The van der Waals surface area contributed by atoms with Crippen LogP contribution >= 0.6 is 0 Å². The zero-order chi connectivity index (χ0) is 13.5. The predicted molar refractivity (Wildman–Crippen MR) is 76.1 cm³/mol. The fourth-order valence-corrected chi connectivity index (χ4v) is 1.94. The molecule has 0 amide bonds. The number of rotatable bonds is 5. The molecule has 0 aliphatic rings. The Morgan fingerprint density at radius 1 is 0.947 bits per heavy atom. The van der Waals surface area contributed by atoms with Crippen molar-refractivity contribution in [3.05, 3.63) is 65.7 Å². The Balaban J connectivity index is 2.03. The van der Waals surface area contributed by atoms with E-state index >= 15 is 0 Å². The third-order valence-corrected chi connectivity index (χ3v) is 2.96. The molecule has 0 spiro atoms. The SMILES string of the molecule is COc1ccc(C/C(Cc2ccccc2)=N\O)cc1. The Bertz CT molecular complexity index is 532. The summed E-state index contributed by atoms with van der Waals surface area (Å²) in [6.07, 6.45) is 1.29. The molecule has 1 N–H and O–H groups in total. The summed E-state index contributed by atoms with van der Waals surface area (Å²) in [6.45, 7) is 0. The molecule has 2 rings (SSSR count). The van der Waals surface area contributed by atoms with E-state index in [2.05, 4.69) is 5.16 Å². The Hall–Kier alpha value is -2.29. The highest BCUT2D eigenvalue weighted by Crippen LogP contribution is 2.13. The first-order chi connectivity index (χ1) is 9.31. The Labute approximate surface area is 113 Å². The molecular weight excluding hydrogens is 238 g/mol. The Morgan fingerprint density at radius 2 is 1.53 bits per heavy atom. The minimum absolute atomic E-state index is 0.634. The molecule has 0 unspecified atom stereocenters. The van der Waals surface area contributed by atoms with Gasteiger partial charge in [0.1, 0.15) is 5.75 Å². The molecule has 0 aliphatic carbocycles. The average molecular weight is 255 g/mol. The first-order valence-electron chi connectivity index (χ1n) is 6.18. The number of ether oxygens (including phenoxy) is 1. The number of hydrogen-bond donors (Lipinski definition) is 1. The minimum Gasteiger partial charge on any atom is -0.497 e. The van der Waals surface area contributed by atoms with E-state index in [9.17, 15) is 0 Å². The van der Waals surface area contributed by atoms with Crippen LogP contribution in [0.1, 0.15) is 11.1 Å².